The van der Waals surface area contributed by atoms with Gasteiger partial charge in [-0.25, -0.2) is 0 Å². The summed E-state index contributed by atoms with van der Waals surface area (Å²) in [5.41, 5.74) is 4.15. The van der Waals surface area contributed by atoms with E-state index in [4.69, 9.17) is 11.6 Å². The number of carbonyl (C=O) groups is 1. The van der Waals surface area contributed by atoms with Crippen molar-refractivity contribution in [3.63, 3.8) is 0 Å². The molecule has 0 aromatic heterocycles. The molecule has 0 bridgehead atoms. The van der Waals surface area contributed by atoms with E-state index in [1.807, 2.05) is 31.2 Å². The zero-order chi connectivity index (χ0) is 14.8. The SMILES string of the molecule is Cc1cccc(Cl)c1NC(=O)[C@H]1Cc2ccccc2CN1. The fourth-order valence-electron chi connectivity index (χ4n) is 2.64. The van der Waals surface area contributed by atoms with Crippen LogP contribution < -0.4 is 10.6 Å². The number of halogens is 1. The highest BCUT2D eigenvalue weighted by Crippen LogP contribution is 2.26. The van der Waals surface area contributed by atoms with Gasteiger partial charge in [0, 0.05) is 6.54 Å². The van der Waals surface area contributed by atoms with Gasteiger partial charge in [-0.2, -0.15) is 0 Å². The smallest absolute Gasteiger partial charge is 0.241 e. The molecule has 0 saturated carbocycles. The molecule has 2 N–H and O–H groups in total. The Morgan fingerprint density at radius 2 is 1.95 bits per heavy atom. The number of nitrogens with one attached hydrogen (secondary N) is 2. The Morgan fingerprint density at radius 3 is 2.71 bits per heavy atom. The van der Waals surface area contributed by atoms with Crippen LogP contribution in [0.1, 0.15) is 16.7 Å². The van der Waals surface area contributed by atoms with Crippen molar-refractivity contribution in [1.82, 2.24) is 5.32 Å². The minimum atomic E-state index is -0.226. The zero-order valence-corrected chi connectivity index (χ0v) is 12.6. The van der Waals surface area contributed by atoms with Crippen molar-refractivity contribution in [2.75, 3.05) is 5.32 Å². The van der Waals surface area contributed by atoms with Crippen molar-refractivity contribution < 1.29 is 4.79 Å². The number of fused-ring (bicyclic) bond motifs is 1. The molecule has 1 aliphatic heterocycles. The van der Waals surface area contributed by atoms with Gasteiger partial charge in [-0.1, -0.05) is 48.0 Å². The maximum Gasteiger partial charge on any atom is 0.241 e. The molecule has 1 amide bonds. The van der Waals surface area contributed by atoms with E-state index in [0.29, 0.717) is 17.1 Å². The van der Waals surface area contributed by atoms with Gasteiger partial charge in [0.15, 0.2) is 0 Å². The van der Waals surface area contributed by atoms with Crippen molar-refractivity contribution in [3.05, 3.63) is 64.2 Å². The first-order chi connectivity index (χ1) is 10.1. The number of anilines is 1. The van der Waals surface area contributed by atoms with Gasteiger partial charge in [0.2, 0.25) is 5.91 Å². The molecule has 0 saturated heterocycles. The average Bonchev–Trinajstić information content (AvgIpc) is 2.50. The lowest BCUT2D eigenvalue weighted by molar-refractivity contribution is -0.118. The Hall–Kier alpha value is -1.84. The number of rotatable bonds is 2. The van der Waals surface area contributed by atoms with Crippen LogP contribution in [0, 0.1) is 6.92 Å². The highest BCUT2D eigenvalue weighted by Gasteiger charge is 2.24. The molecule has 0 fully saturated rings. The van der Waals surface area contributed by atoms with Crippen LogP contribution in [-0.4, -0.2) is 11.9 Å². The molecule has 2 aromatic rings. The summed E-state index contributed by atoms with van der Waals surface area (Å²) < 4.78 is 0. The Balaban J connectivity index is 1.76. The molecule has 1 aliphatic rings. The van der Waals surface area contributed by atoms with Crippen molar-refractivity contribution in [1.29, 1.82) is 0 Å². The fourth-order valence-corrected chi connectivity index (χ4v) is 2.91. The third-order valence-corrected chi connectivity index (χ3v) is 4.18. The Labute approximate surface area is 129 Å². The number of hydrogen-bond acceptors (Lipinski definition) is 2. The zero-order valence-electron chi connectivity index (χ0n) is 11.8. The number of benzene rings is 2. The monoisotopic (exact) mass is 300 g/mol. The Bertz CT molecular complexity index is 664. The summed E-state index contributed by atoms with van der Waals surface area (Å²) >= 11 is 6.16. The fraction of sp³-hybridized carbons (Fsp3) is 0.235. The molecule has 0 spiro atoms. The van der Waals surface area contributed by atoms with Gasteiger partial charge in [-0.15, -0.1) is 0 Å². The summed E-state index contributed by atoms with van der Waals surface area (Å²) in [6.07, 6.45) is 0.700. The standard InChI is InChI=1S/C17H17ClN2O/c1-11-5-4-8-14(18)16(11)20-17(21)15-9-12-6-2-3-7-13(12)10-19-15/h2-8,15,19H,9-10H2,1H3,(H,20,21)/t15-/m1/s1. The van der Waals surface area contributed by atoms with Crippen LogP contribution >= 0.6 is 11.6 Å². The molecule has 3 nitrogen and oxygen atoms in total. The van der Waals surface area contributed by atoms with Gasteiger partial charge in [-0.3, -0.25) is 4.79 Å². The normalized spacial score (nSPS) is 17.1. The van der Waals surface area contributed by atoms with Gasteiger partial charge in [0.1, 0.15) is 0 Å². The van der Waals surface area contributed by atoms with E-state index in [1.165, 1.54) is 11.1 Å². The van der Waals surface area contributed by atoms with Crippen LogP contribution in [0.3, 0.4) is 0 Å². The molecule has 1 heterocycles. The van der Waals surface area contributed by atoms with E-state index >= 15 is 0 Å². The maximum atomic E-state index is 12.4. The van der Waals surface area contributed by atoms with Gasteiger partial charge in [-0.05, 0) is 36.1 Å². The topological polar surface area (TPSA) is 41.1 Å². The Morgan fingerprint density at radius 1 is 1.19 bits per heavy atom. The van der Waals surface area contributed by atoms with Crippen molar-refractivity contribution in [3.8, 4) is 0 Å². The molecule has 0 radical (unpaired) electrons. The van der Waals surface area contributed by atoms with Gasteiger partial charge in [0.25, 0.3) is 0 Å². The summed E-state index contributed by atoms with van der Waals surface area (Å²) in [6, 6.07) is 13.6. The lowest BCUT2D eigenvalue weighted by Crippen LogP contribution is -2.44. The largest absolute Gasteiger partial charge is 0.323 e. The molecule has 2 aromatic carbocycles. The summed E-state index contributed by atoms with van der Waals surface area (Å²) in [5, 5.41) is 6.79. The summed E-state index contributed by atoms with van der Waals surface area (Å²) in [6.45, 7) is 2.65. The average molecular weight is 301 g/mol. The second-order valence-electron chi connectivity index (χ2n) is 5.33. The van der Waals surface area contributed by atoms with E-state index in [1.54, 1.807) is 6.07 Å². The second-order valence-corrected chi connectivity index (χ2v) is 5.73. The first-order valence-corrected chi connectivity index (χ1v) is 7.39. The maximum absolute atomic E-state index is 12.4. The van der Waals surface area contributed by atoms with Crippen molar-refractivity contribution >= 4 is 23.2 Å². The van der Waals surface area contributed by atoms with Crippen LogP contribution in [0.25, 0.3) is 0 Å². The number of aryl methyl sites for hydroxylation is 1. The summed E-state index contributed by atoms with van der Waals surface area (Å²) in [4.78, 5) is 12.4. The van der Waals surface area contributed by atoms with Crippen LogP contribution in [0.4, 0.5) is 5.69 Å². The predicted molar refractivity (Wildman–Crippen MR) is 85.6 cm³/mol. The van der Waals surface area contributed by atoms with E-state index < -0.39 is 0 Å². The van der Waals surface area contributed by atoms with Crippen molar-refractivity contribution in [2.24, 2.45) is 0 Å². The summed E-state index contributed by atoms with van der Waals surface area (Å²) in [5.74, 6) is -0.0410. The second kappa shape index (κ2) is 5.88. The number of carbonyl (C=O) groups excluding carboxylic acids is 1. The molecule has 1 atom stereocenters. The predicted octanol–water partition coefficient (Wildman–Crippen LogP) is 3.30. The van der Waals surface area contributed by atoms with E-state index in [2.05, 4.69) is 22.8 Å². The minimum absolute atomic E-state index is 0.0410. The lowest BCUT2D eigenvalue weighted by atomic mass is 9.95. The highest BCUT2D eigenvalue weighted by molar-refractivity contribution is 6.34. The van der Waals surface area contributed by atoms with E-state index in [0.717, 1.165) is 12.1 Å². The molecular weight excluding hydrogens is 284 g/mol. The van der Waals surface area contributed by atoms with Crippen LogP contribution in [0.15, 0.2) is 42.5 Å². The molecule has 0 aliphatic carbocycles. The van der Waals surface area contributed by atoms with Crippen LogP contribution in [0.5, 0.6) is 0 Å². The lowest BCUT2D eigenvalue weighted by Gasteiger charge is -2.25. The molecule has 108 valence electrons. The highest BCUT2D eigenvalue weighted by atomic mass is 35.5. The third-order valence-electron chi connectivity index (χ3n) is 3.87. The third kappa shape index (κ3) is 2.94. The Kier molecular flexibility index (Phi) is 3.95. The van der Waals surface area contributed by atoms with E-state index in [-0.39, 0.29) is 11.9 Å². The minimum Gasteiger partial charge on any atom is -0.323 e. The molecule has 4 heteroatoms. The first kappa shape index (κ1) is 14.1. The summed E-state index contributed by atoms with van der Waals surface area (Å²) in [7, 11) is 0. The number of hydrogen-bond donors (Lipinski definition) is 2. The molecule has 21 heavy (non-hydrogen) atoms. The molecular formula is C17H17ClN2O. The van der Waals surface area contributed by atoms with Crippen LogP contribution in [-0.2, 0) is 17.8 Å². The number of amides is 1. The molecule has 0 unspecified atom stereocenters. The number of para-hydroxylation sites is 1. The van der Waals surface area contributed by atoms with Crippen molar-refractivity contribution in [2.45, 2.75) is 25.9 Å². The quantitative estimate of drug-likeness (QED) is 0.893. The van der Waals surface area contributed by atoms with E-state index in [9.17, 15) is 4.79 Å². The first-order valence-electron chi connectivity index (χ1n) is 7.01. The van der Waals surface area contributed by atoms with Gasteiger partial charge >= 0.3 is 0 Å². The van der Waals surface area contributed by atoms with Crippen LogP contribution in [0.2, 0.25) is 5.02 Å². The molecule has 3 rings (SSSR count). The van der Waals surface area contributed by atoms with Gasteiger partial charge in [0.05, 0.1) is 16.8 Å². The van der Waals surface area contributed by atoms with Gasteiger partial charge < -0.3 is 10.6 Å².